The summed E-state index contributed by atoms with van der Waals surface area (Å²) in [7, 11) is 0. The Kier molecular flexibility index (Phi) is 5.26. The number of carbonyl (C=O) groups is 1. The Morgan fingerprint density at radius 3 is 2.65 bits per heavy atom. The van der Waals surface area contributed by atoms with E-state index in [1.807, 2.05) is 30.3 Å². The summed E-state index contributed by atoms with van der Waals surface area (Å²) in [5.74, 6) is 0.0275. The molecule has 2 aromatic rings. The molecule has 2 aromatic carbocycles. The number of halogens is 1. The van der Waals surface area contributed by atoms with E-state index in [0.29, 0.717) is 6.54 Å². The number of nitrogens with one attached hydrogen (secondary N) is 1. The van der Waals surface area contributed by atoms with Gasteiger partial charge in [0.2, 0.25) is 5.91 Å². The molecule has 1 aliphatic rings. The monoisotopic (exact) mass is 370 g/mol. The minimum atomic E-state index is 0.0275. The van der Waals surface area contributed by atoms with Crippen LogP contribution in [0.2, 0.25) is 0 Å². The number of hydrogen-bond donors (Lipinski definition) is 1. The van der Waals surface area contributed by atoms with Crippen molar-refractivity contribution in [3.8, 4) is 0 Å². The van der Waals surface area contributed by atoms with Crippen LogP contribution >= 0.6 is 15.9 Å². The van der Waals surface area contributed by atoms with Gasteiger partial charge in [-0.2, -0.15) is 0 Å². The van der Waals surface area contributed by atoms with Crippen LogP contribution in [0, 0.1) is 0 Å². The van der Waals surface area contributed by atoms with Gasteiger partial charge in [-0.1, -0.05) is 58.4 Å². The van der Waals surface area contributed by atoms with Crippen molar-refractivity contribution in [3.63, 3.8) is 0 Å². The van der Waals surface area contributed by atoms with E-state index in [1.54, 1.807) is 0 Å². The maximum atomic E-state index is 12.2. The molecular weight excluding hydrogens is 352 g/mol. The van der Waals surface area contributed by atoms with Gasteiger partial charge in [0.05, 0.1) is 6.54 Å². The lowest BCUT2D eigenvalue weighted by molar-refractivity contribution is -0.117. The molecule has 1 N–H and O–H groups in total. The third-order valence-corrected chi connectivity index (χ3v) is 4.41. The zero-order chi connectivity index (χ0) is 16.1. The van der Waals surface area contributed by atoms with E-state index in [2.05, 4.69) is 56.5 Å². The molecule has 1 heterocycles. The molecule has 0 bridgehead atoms. The van der Waals surface area contributed by atoms with Crippen LogP contribution in [0.4, 0.5) is 5.69 Å². The predicted molar refractivity (Wildman–Crippen MR) is 98.2 cm³/mol. The van der Waals surface area contributed by atoms with E-state index >= 15 is 0 Å². The van der Waals surface area contributed by atoms with Gasteiger partial charge in [-0.15, -0.1) is 0 Å². The molecular formula is C19H19BrN2O. The second kappa shape index (κ2) is 7.57. The highest BCUT2D eigenvalue weighted by Crippen LogP contribution is 2.22. The Labute approximate surface area is 145 Å². The number of amides is 1. The quantitative estimate of drug-likeness (QED) is 0.875. The second-order valence-electron chi connectivity index (χ2n) is 5.64. The van der Waals surface area contributed by atoms with Crippen molar-refractivity contribution < 1.29 is 4.79 Å². The Balaban J connectivity index is 1.54. The van der Waals surface area contributed by atoms with Crippen molar-refractivity contribution in [2.24, 2.45) is 0 Å². The van der Waals surface area contributed by atoms with Gasteiger partial charge in [-0.05, 0) is 35.8 Å². The van der Waals surface area contributed by atoms with Crippen LogP contribution in [0.3, 0.4) is 0 Å². The molecule has 23 heavy (non-hydrogen) atoms. The highest BCUT2D eigenvalue weighted by atomic mass is 79.9. The summed E-state index contributed by atoms with van der Waals surface area (Å²) in [6.07, 6.45) is 3.21. The Morgan fingerprint density at radius 2 is 1.96 bits per heavy atom. The van der Waals surface area contributed by atoms with Gasteiger partial charge in [-0.25, -0.2) is 0 Å². The Bertz CT molecular complexity index is 712. The summed E-state index contributed by atoms with van der Waals surface area (Å²) >= 11 is 3.41. The molecule has 3 nitrogen and oxygen atoms in total. The van der Waals surface area contributed by atoms with Gasteiger partial charge in [0.25, 0.3) is 0 Å². The number of rotatable bonds is 4. The SMILES string of the molecule is O=C(CN1CC=C(c2ccccc2)CC1)Nc1cccc(Br)c1. The standard InChI is InChI=1S/C19H19BrN2O/c20-17-7-4-8-18(13-17)21-19(23)14-22-11-9-16(10-12-22)15-5-2-1-3-6-15/h1-9,13H,10-12,14H2,(H,21,23). The van der Waals surface area contributed by atoms with Crippen LogP contribution in [0.5, 0.6) is 0 Å². The summed E-state index contributed by atoms with van der Waals surface area (Å²) in [6, 6.07) is 18.1. The molecule has 1 amide bonds. The number of carbonyl (C=O) groups excluding carboxylic acids is 1. The number of benzene rings is 2. The summed E-state index contributed by atoms with van der Waals surface area (Å²) in [6.45, 7) is 2.15. The van der Waals surface area contributed by atoms with Crippen molar-refractivity contribution in [3.05, 3.63) is 70.7 Å². The lowest BCUT2D eigenvalue weighted by Crippen LogP contribution is -2.36. The zero-order valence-corrected chi connectivity index (χ0v) is 14.4. The molecule has 0 saturated carbocycles. The van der Waals surface area contributed by atoms with Crippen LogP contribution in [-0.4, -0.2) is 30.4 Å². The van der Waals surface area contributed by atoms with Crippen LogP contribution < -0.4 is 5.32 Å². The first-order valence-corrected chi connectivity index (χ1v) is 8.52. The van der Waals surface area contributed by atoms with Gasteiger partial charge in [-0.3, -0.25) is 9.69 Å². The van der Waals surface area contributed by atoms with E-state index in [0.717, 1.165) is 29.7 Å². The largest absolute Gasteiger partial charge is 0.325 e. The average Bonchev–Trinajstić information content (AvgIpc) is 2.56. The van der Waals surface area contributed by atoms with Gasteiger partial charge in [0.15, 0.2) is 0 Å². The lowest BCUT2D eigenvalue weighted by Gasteiger charge is -2.25. The molecule has 0 fully saturated rings. The summed E-state index contributed by atoms with van der Waals surface area (Å²) in [4.78, 5) is 14.3. The van der Waals surface area contributed by atoms with Crippen LogP contribution in [-0.2, 0) is 4.79 Å². The molecule has 0 radical (unpaired) electrons. The lowest BCUT2D eigenvalue weighted by atomic mass is 10.00. The molecule has 0 atom stereocenters. The fourth-order valence-electron chi connectivity index (χ4n) is 2.74. The molecule has 0 aromatic heterocycles. The van der Waals surface area contributed by atoms with E-state index in [1.165, 1.54) is 11.1 Å². The van der Waals surface area contributed by atoms with Crippen LogP contribution in [0.25, 0.3) is 5.57 Å². The van der Waals surface area contributed by atoms with Gasteiger partial charge in [0, 0.05) is 23.2 Å². The van der Waals surface area contributed by atoms with E-state index in [-0.39, 0.29) is 5.91 Å². The summed E-state index contributed by atoms with van der Waals surface area (Å²) in [5.41, 5.74) is 3.47. The van der Waals surface area contributed by atoms with Gasteiger partial charge < -0.3 is 5.32 Å². The van der Waals surface area contributed by atoms with Crippen molar-refractivity contribution in [2.45, 2.75) is 6.42 Å². The zero-order valence-electron chi connectivity index (χ0n) is 12.8. The predicted octanol–water partition coefficient (Wildman–Crippen LogP) is 4.18. The highest BCUT2D eigenvalue weighted by Gasteiger charge is 2.15. The first-order valence-electron chi connectivity index (χ1n) is 7.73. The molecule has 1 aliphatic heterocycles. The molecule has 3 rings (SSSR count). The van der Waals surface area contributed by atoms with Gasteiger partial charge >= 0.3 is 0 Å². The molecule has 0 unspecified atom stereocenters. The van der Waals surface area contributed by atoms with Crippen LogP contribution in [0.1, 0.15) is 12.0 Å². The van der Waals surface area contributed by atoms with Crippen molar-refractivity contribution in [1.82, 2.24) is 4.90 Å². The average molecular weight is 371 g/mol. The molecule has 118 valence electrons. The first-order chi connectivity index (χ1) is 11.2. The van der Waals surface area contributed by atoms with E-state index < -0.39 is 0 Å². The van der Waals surface area contributed by atoms with Gasteiger partial charge in [0.1, 0.15) is 0 Å². The molecule has 0 aliphatic carbocycles. The second-order valence-corrected chi connectivity index (χ2v) is 6.55. The van der Waals surface area contributed by atoms with E-state index in [9.17, 15) is 4.79 Å². The fourth-order valence-corrected chi connectivity index (χ4v) is 3.14. The smallest absolute Gasteiger partial charge is 0.238 e. The van der Waals surface area contributed by atoms with Crippen molar-refractivity contribution in [1.29, 1.82) is 0 Å². The fraction of sp³-hybridized carbons (Fsp3) is 0.211. The Hall–Kier alpha value is -1.91. The maximum Gasteiger partial charge on any atom is 0.238 e. The molecule has 4 heteroatoms. The number of nitrogens with zero attached hydrogens (tertiary/aromatic N) is 1. The maximum absolute atomic E-state index is 12.2. The minimum Gasteiger partial charge on any atom is -0.325 e. The Morgan fingerprint density at radius 1 is 1.13 bits per heavy atom. The summed E-state index contributed by atoms with van der Waals surface area (Å²) in [5, 5.41) is 2.94. The van der Waals surface area contributed by atoms with Crippen molar-refractivity contribution >= 4 is 33.1 Å². The molecule has 0 spiro atoms. The summed E-state index contributed by atoms with van der Waals surface area (Å²) < 4.78 is 0.962. The normalized spacial score (nSPS) is 15.1. The van der Waals surface area contributed by atoms with E-state index in [4.69, 9.17) is 0 Å². The highest BCUT2D eigenvalue weighted by molar-refractivity contribution is 9.10. The minimum absolute atomic E-state index is 0.0275. The van der Waals surface area contributed by atoms with Crippen molar-refractivity contribution in [2.75, 3.05) is 25.0 Å². The topological polar surface area (TPSA) is 32.3 Å². The number of hydrogen-bond acceptors (Lipinski definition) is 2. The first kappa shape index (κ1) is 16.0. The third kappa shape index (κ3) is 4.53. The molecule has 0 saturated heterocycles. The third-order valence-electron chi connectivity index (χ3n) is 3.91. The number of anilines is 1. The van der Waals surface area contributed by atoms with Crippen LogP contribution in [0.15, 0.2) is 65.1 Å².